The molecule has 0 fully saturated rings. The Morgan fingerprint density at radius 2 is 2.18 bits per heavy atom. The van der Waals surface area contributed by atoms with Crippen LogP contribution in [0.5, 0.6) is 5.75 Å². The van der Waals surface area contributed by atoms with Gasteiger partial charge in [0.25, 0.3) is 0 Å². The van der Waals surface area contributed by atoms with Gasteiger partial charge in [0, 0.05) is 22.5 Å². The Hall–Kier alpha value is -0.540. The van der Waals surface area contributed by atoms with Gasteiger partial charge in [-0.05, 0) is 43.0 Å². The molecule has 0 radical (unpaired) electrons. The molecule has 2 atom stereocenters. The van der Waals surface area contributed by atoms with E-state index in [1.807, 2.05) is 7.05 Å². The molecule has 2 unspecified atom stereocenters. The fourth-order valence-electron chi connectivity index (χ4n) is 3.18. The van der Waals surface area contributed by atoms with Crippen molar-refractivity contribution in [3.8, 4) is 5.75 Å². The minimum Gasteiger partial charge on any atom is -0.493 e. The van der Waals surface area contributed by atoms with Crippen LogP contribution in [0.4, 0.5) is 0 Å². The van der Waals surface area contributed by atoms with Crippen molar-refractivity contribution in [1.82, 2.24) is 5.32 Å². The summed E-state index contributed by atoms with van der Waals surface area (Å²) >= 11 is 3.75. The van der Waals surface area contributed by atoms with E-state index in [1.165, 1.54) is 39.8 Å². The Labute approximate surface area is 111 Å². The van der Waals surface area contributed by atoms with Gasteiger partial charge < -0.3 is 10.1 Å². The number of halogens is 1. The molecule has 2 aliphatic rings. The van der Waals surface area contributed by atoms with Crippen molar-refractivity contribution in [1.29, 1.82) is 0 Å². The predicted molar refractivity (Wildman–Crippen MR) is 72.8 cm³/mol. The van der Waals surface area contributed by atoms with Gasteiger partial charge >= 0.3 is 0 Å². The van der Waals surface area contributed by atoms with E-state index in [0.717, 1.165) is 13.0 Å². The van der Waals surface area contributed by atoms with E-state index >= 15 is 0 Å². The Kier molecular flexibility index (Phi) is 2.91. The van der Waals surface area contributed by atoms with Crippen LogP contribution in [0.3, 0.4) is 0 Å². The summed E-state index contributed by atoms with van der Waals surface area (Å²) in [6.07, 6.45) is 3.50. The largest absolute Gasteiger partial charge is 0.493 e. The van der Waals surface area contributed by atoms with Crippen LogP contribution in [0.25, 0.3) is 0 Å². The SMILES string of the molecule is CNC1CCC(C)c2c3c(cc(Br)c21)CCO3. The fourth-order valence-corrected chi connectivity index (χ4v) is 3.94. The van der Waals surface area contributed by atoms with E-state index in [1.54, 1.807) is 0 Å². The average molecular weight is 296 g/mol. The lowest BCUT2D eigenvalue weighted by atomic mass is 9.79. The second-order valence-corrected chi connectivity index (χ2v) is 5.95. The van der Waals surface area contributed by atoms with E-state index in [-0.39, 0.29) is 0 Å². The Morgan fingerprint density at radius 1 is 1.35 bits per heavy atom. The molecule has 0 spiro atoms. The molecule has 0 bridgehead atoms. The normalized spacial score (nSPS) is 26.3. The minimum atomic E-state index is 0.463. The highest BCUT2D eigenvalue weighted by Gasteiger charge is 2.32. The van der Waals surface area contributed by atoms with Crippen molar-refractivity contribution in [3.05, 3.63) is 27.2 Å². The molecule has 1 aromatic carbocycles. The summed E-state index contributed by atoms with van der Waals surface area (Å²) in [5, 5.41) is 3.43. The Bertz CT molecular complexity index is 458. The second-order valence-electron chi connectivity index (χ2n) is 5.09. The van der Waals surface area contributed by atoms with Crippen molar-refractivity contribution in [2.75, 3.05) is 13.7 Å². The zero-order valence-corrected chi connectivity index (χ0v) is 11.9. The van der Waals surface area contributed by atoms with E-state index in [4.69, 9.17) is 4.74 Å². The van der Waals surface area contributed by atoms with Crippen molar-refractivity contribution in [3.63, 3.8) is 0 Å². The van der Waals surface area contributed by atoms with Crippen LogP contribution in [-0.2, 0) is 6.42 Å². The molecule has 1 N–H and O–H groups in total. The van der Waals surface area contributed by atoms with Crippen LogP contribution in [0.2, 0.25) is 0 Å². The summed E-state index contributed by atoms with van der Waals surface area (Å²) in [4.78, 5) is 0. The van der Waals surface area contributed by atoms with Crippen molar-refractivity contribution >= 4 is 15.9 Å². The smallest absolute Gasteiger partial charge is 0.126 e. The zero-order valence-electron chi connectivity index (χ0n) is 10.3. The van der Waals surface area contributed by atoms with Gasteiger partial charge in [-0.3, -0.25) is 0 Å². The first-order chi connectivity index (χ1) is 8.22. The Morgan fingerprint density at radius 3 is 2.94 bits per heavy atom. The van der Waals surface area contributed by atoms with Crippen molar-refractivity contribution < 1.29 is 4.74 Å². The lowest BCUT2D eigenvalue weighted by Gasteiger charge is -2.32. The zero-order chi connectivity index (χ0) is 12.0. The number of ether oxygens (including phenoxy) is 1. The lowest BCUT2D eigenvalue weighted by molar-refractivity contribution is 0.344. The molecular weight excluding hydrogens is 278 g/mol. The van der Waals surface area contributed by atoms with Gasteiger partial charge in [-0.1, -0.05) is 22.9 Å². The molecule has 3 heteroatoms. The topological polar surface area (TPSA) is 21.3 Å². The highest BCUT2D eigenvalue weighted by Crippen LogP contribution is 2.48. The van der Waals surface area contributed by atoms with Crippen LogP contribution in [0.15, 0.2) is 10.5 Å². The summed E-state index contributed by atoms with van der Waals surface area (Å²) in [5.41, 5.74) is 4.24. The number of nitrogens with one attached hydrogen (secondary N) is 1. The third kappa shape index (κ3) is 1.71. The maximum Gasteiger partial charge on any atom is 0.126 e. The maximum atomic E-state index is 5.87. The number of benzene rings is 1. The van der Waals surface area contributed by atoms with Gasteiger partial charge in [-0.15, -0.1) is 0 Å². The van der Waals surface area contributed by atoms with Crippen LogP contribution in [-0.4, -0.2) is 13.7 Å². The lowest BCUT2D eigenvalue weighted by Crippen LogP contribution is -2.24. The quantitative estimate of drug-likeness (QED) is 0.856. The van der Waals surface area contributed by atoms with Crippen molar-refractivity contribution in [2.24, 2.45) is 0 Å². The van der Waals surface area contributed by atoms with Crippen molar-refractivity contribution in [2.45, 2.75) is 38.1 Å². The van der Waals surface area contributed by atoms with Gasteiger partial charge in [0.2, 0.25) is 0 Å². The monoisotopic (exact) mass is 295 g/mol. The van der Waals surface area contributed by atoms with E-state index in [9.17, 15) is 0 Å². The fraction of sp³-hybridized carbons (Fsp3) is 0.571. The van der Waals surface area contributed by atoms with Crippen LogP contribution in [0.1, 0.15) is 48.4 Å². The number of hydrogen-bond donors (Lipinski definition) is 1. The molecule has 0 amide bonds. The van der Waals surface area contributed by atoms with Gasteiger partial charge in [0.15, 0.2) is 0 Å². The van der Waals surface area contributed by atoms with Crippen LogP contribution < -0.4 is 10.1 Å². The van der Waals surface area contributed by atoms with Crippen LogP contribution >= 0.6 is 15.9 Å². The number of hydrogen-bond acceptors (Lipinski definition) is 2. The highest BCUT2D eigenvalue weighted by atomic mass is 79.9. The van der Waals surface area contributed by atoms with E-state index in [2.05, 4.69) is 34.2 Å². The van der Waals surface area contributed by atoms with Gasteiger partial charge in [0.1, 0.15) is 5.75 Å². The summed E-state index contributed by atoms with van der Waals surface area (Å²) in [6, 6.07) is 2.72. The molecule has 0 saturated heterocycles. The van der Waals surface area contributed by atoms with E-state index in [0.29, 0.717) is 12.0 Å². The molecule has 92 valence electrons. The molecular formula is C14H18BrNO. The summed E-state index contributed by atoms with van der Waals surface area (Å²) < 4.78 is 7.12. The highest BCUT2D eigenvalue weighted by molar-refractivity contribution is 9.10. The van der Waals surface area contributed by atoms with E-state index < -0.39 is 0 Å². The molecule has 1 aromatic rings. The molecule has 1 aliphatic heterocycles. The maximum absolute atomic E-state index is 5.87. The molecule has 2 nitrogen and oxygen atoms in total. The number of rotatable bonds is 1. The van der Waals surface area contributed by atoms with Gasteiger partial charge in [-0.25, -0.2) is 0 Å². The molecule has 0 saturated carbocycles. The molecule has 3 rings (SSSR count). The third-order valence-electron chi connectivity index (χ3n) is 4.08. The predicted octanol–water partition coefficient (Wildman–Crippen LogP) is 3.54. The molecule has 0 aromatic heterocycles. The second kappa shape index (κ2) is 4.29. The molecule has 1 heterocycles. The first-order valence-corrected chi connectivity index (χ1v) is 7.17. The molecule has 1 aliphatic carbocycles. The standard InChI is InChI=1S/C14H18BrNO/c1-8-3-4-11(16-2)13-10(15)7-9-5-6-17-14(9)12(8)13/h7-8,11,16H,3-6H2,1-2H3. The number of fused-ring (bicyclic) bond motifs is 3. The summed E-state index contributed by atoms with van der Waals surface area (Å²) in [7, 11) is 2.05. The van der Waals surface area contributed by atoms with Gasteiger partial charge in [-0.2, -0.15) is 0 Å². The first-order valence-electron chi connectivity index (χ1n) is 6.37. The first kappa shape index (κ1) is 11.5. The minimum absolute atomic E-state index is 0.463. The summed E-state index contributed by atoms with van der Waals surface area (Å²) in [6.45, 7) is 3.16. The third-order valence-corrected chi connectivity index (χ3v) is 4.74. The van der Waals surface area contributed by atoms with Gasteiger partial charge in [0.05, 0.1) is 6.61 Å². The summed E-state index contributed by atoms with van der Waals surface area (Å²) in [5.74, 6) is 1.79. The Balaban J connectivity index is 2.23. The van der Waals surface area contributed by atoms with Crippen LogP contribution in [0, 0.1) is 0 Å². The molecule has 17 heavy (non-hydrogen) atoms. The average Bonchev–Trinajstić information content (AvgIpc) is 2.77.